The minimum atomic E-state index is -4.40. The Kier molecular flexibility index (Phi) is 10.4. The van der Waals surface area contributed by atoms with E-state index < -0.39 is 19.8 Å². The monoisotopic (exact) mass is 660 g/mol. The molecule has 6 nitrogen and oxygen atoms in total. The summed E-state index contributed by atoms with van der Waals surface area (Å²) in [5.41, 5.74) is 5.63. The van der Waals surface area contributed by atoms with Gasteiger partial charge >= 0.3 is 14.2 Å². The molecule has 6 rings (SSSR count). The standard InChI is InChI=1S/C37H38F3N3O3P/c1-2-46-47(44)25-29-8-5-7-28(19-29)24-45-35-12-4-3-9-30(35)20-26-15-17-43(18-16-26)23-27-13-14-33-34(21-27)42-36(41-33)31-10-6-11-32(22-31)37(38,39)40/h3-14,19,21-22,26H,2,15-18,20,23-25H2,1H3,(H,41,42)/q+1. The van der Waals surface area contributed by atoms with E-state index in [1.165, 1.54) is 11.6 Å². The molecule has 244 valence electrons. The number of imidazole rings is 1. The number of ether oxygens (including phenoxy) is 1. The Bertz CT molecular complexity index is 1830. The van der Waals surface area contributed by atoms with Crippen LogP contribution in [0.25, 0.3) is 22.4 Å². The molecular weight excluding hydrogens is 622 g/mol. The topological polar surface area (TPSA) is 67.5 Å². The van der Waals surface area contributed by atoms with Gasteiger partial charge in [0.2, 0.25) is 6.16 Å². The van der Waals surface area contributed by atoms with Crippen molar-refractivity contribution in [3.63, 3.8) is 0 Å². The maximum Gasteiger partial charge on any atom is 0.512 e. The van der Waals surface area contributed by atoms with Gasteiger partial charge in [-0.15, -0.1) is 4.52 Å². The molecule has 4 aromatic carbocycles. The van der Waals surface area contributed by atoms with Crippen LogP contribution in [0.15, 0.2) is 91.0 Å². The molecule has 1 aliphatic heterocycles. The van der Waals surface area contributed by atoms with Crippen molar-refractivity contribution in [3.05, 3.63) is 119 Å². The smallest absolute Gasteiger partial charge is 0.489 e. The lowest BCUT2D eigenvalue weighted by Crippen LogP contribution is -2.33. The number of nitrogens with one attached hydrogen (secondary N) is 1. The zero-order chi connectivity index (χ0) is 32.8. The summed E-state index contributed by atoms with van der Waals surface area (Å²) in [5, 5.41) is 0. The number of alkyl halides is 3. The average Bonchev–Trinajstić information content (AvgIpc) is 3.49. The zero-order valence-corrected chi connectivity index (χ0v) is 27.2. The van der Waals surface area contributed by atoms with E-state index in [1.54, 1.807) is 6.07 Å². The van der Waals surface area contributed by atoms with E-state index in [2.05, 4.69) is 27.0 Å². The van der Waals surface area contributed by atoms with E-state index >= 15 is 0 Å². The highest BCUT2D eigenvalue weighted by Crippen LogP contribution is 2.33. The van der Waals surface area contributed by atoms with Crippen LogP contribution >= 0.6 is 8.03 Å². The minimum absolute atomic E-state index is 0.397. The molecule has 10 heteroatoms. The molecular formula is C37H38F3N3O3P+. The highest BCUT2D eigenvalue weighted by molar-refractivity contribution is 7.38. The summed E-state index contributed by atoms with van der Waals surface area (Å²) < 4.78 is 63.2. The number of aromatic amines is 1. The molecule has 0 radical (unpaired) electrons. The fraction of sp³-hybridized carbons (Fsp3) is 0.324. The van der Waals surface area contributed by atoms with Crippen molar-refractivity contribution in [1.82, 2.24) is 14.9 Å². The number of fused-ring (bicyclic) bond motifs is 1. The van der Waals surface area contributed by atoms with Crippen LogP contribution in [0.5, 0.6) is 5.75 Å². The summed E-state index contributed by atoms with van der Waals surface area (Å²) >= 11 is 0. The van der Waals surface area contributed by atoms with Crippen LogP contribution in [0.3, 0.4) is 0 Å². The summed E-state index contributed by atoms with van der Waals surface area (Å²) in [6.45, 7) is 5.50. The second kappa shape index (κ2) is 14.8. The fourth-order valence-corrected chi connectivity index (χ4v) is 7.06. The quantitative estimate of drug-likeness (QED) is 0.135. The lowest BCUT2D eigenvalue weighted by Gasteiger charge is -2.32. The number of nitrogens with zero attached hydrogens (tertiary/aromatic N) is 2. The van der Waals surface area contributed by atoms with Crippen molar-refractivity contribution in [2.75, 3.05) is 19.7 Å². The van der Waals surface area contributed by atoms with Gasteiger partial charge in [-0.25, -0.2) is 4.98 Å². The lowest BCUT2D eigenvalue weighted by molar-refractivity contribution is -0.137. The average molecular weight is 661 g/mol. The number of hydrogen-bond donors (Lipinski definition) is 1. The van der Waals surface area contributed by atoms with E-state index in [4.69, 9.17) is 9.26 Å². The Morgan fingerprint density at radius 1 is 0.915 bits per heavy atom. The molecule has 0 aliphatic carbocycles. The van der Waals surface area contributed by atoms with Crippen molar-refractivity contribution in [3.8, 4) is 17.1 Å². The number of hydrogen-bond acceptors (Lipinski definition) is 5. The van der Waals surface area contributed by atoms with Gasteiger partial charge in [0, 0.05) is 17.7 Å². The Morgan fingerprint density at radius 3 is 2.51 bits per heavy atom. The minimum Gasteiger partial charge on any atom is -0.489 e. The molecule has 5 aromatic rings. The molecule has 0 saturated carbocycles. The van der Waals surface area contributed by atoms with Crippen LogP contribution in [0.2, 0.25) is 0 Å². The van der Waals surface area contributed by atoms with Crippen molar-refractivity contribution >= 4 is 19.1 Å². The number of aromatic nitrogens is 2. The van der Waals surface area contributed by atoms with E-state index in [0.717, 1.165) is 84.5 Å². The Balaban J connectivity index is 1.02. The second-order valence-corrected chi connectivity index (χ2v) is 13.3. The van der Waals surface area contributed by atoms with Crippen LogP contribution in [-0.2, 0) is 41.0 Å². The first-order valence-electron chi connectivity index (χ1n) is 16.0. The molecule has 1 unspecified atom stereocenters. The number of rotatable bonds is 12. The van der Waals surface area contributed by atoms with Gasteiger partial charge < -0.3 is 9.72 Å². The molecule has 1 saturated heterocycles. The molecule has 47 heavy (non-hydrogen) atoms. The molecule has 1 aliphatic rings. The predicted octanol–water partition coefficient (Wildman–Crippen LogP) is 9.56. The molecule has 1 aromatic heterocycles. The number of likely N-dealkylation sites (tertiary alicyclic amines) is 1. The zero-order valence-electron chi connectivity index (χ0n) is 26.3. The van der Waals surface area contributed by atoms with Gasteiger partial charge in [-0.3, -0.25) is 4.90 Å². The normalized spacial score (nSPS) is 14.9. The van der Waals surface area contributed by atoms with Crippen molar-refractivity contribution in [2.45, 2.75) is 51.7 Å². The van der Waals surface area contributed by atoms with Gasteiger partial charge in [-0.05, 0) is 103 Å². The van der Waals surface area contributed by atoms with E-state index in [1.807, 2.05) is 61.5 Å². The van der Waals surface area contributed by atoms with Gasteiger partial charge in [0.25, 0.3) is 0 Å². The van der Waals surface area contributed by atoms with Crippen molar-refractivity contribution in [1.29, 1.82) is 0 Å². The molecule has 0 spiro atoms. The first-order valence-corrected chi connectivity index (χ1v) is 17.3. The molecule has 0 bridgehead atoms. The number of para-hydroxylation sites is 1. The van der Waals surface area contributed by atoms with Gasteiger partial charge in [0.1, 0.15) is 18.2 Å². The van der Waals surface area contributed by atoms with Gasteiger partial charge in [0.05, 0.1) is 23.2 Å². The summed E-state index contributed by atoms with van der Waals surface area (Å²) in [6, 6.07) is 27.5. The van der Waals surface area contributed by atoms with Crippen molar-refractivity contribution in [2.24, 2.45) is 5.92 Å². The van der Waals surface area contributed by atoms with Crippen LogP contribution in [0.1, 0.15) is 47.6 Å². The third-order valence-electron chi connectivity index (χ3n) is 8.57. The summed E-state index contributed by atoms with van der Waals surface area (Å²) in [4.78, 5) is 10.2. The van der Waals surface area contributed by atoms with E-state index in [9.17, 15) is 17.7 Å². The summed E-state index contributed by atoms with van der Waals surface area (Å²) in [7, 11) is -1.70. The second-order valence-electron chi connectivity index (χ2n) is 12.1. The largest absolute Gasteiger partial charge is 0.512 e. The van der Waals surface area contributed by atoms with Crippen LogP contribution < -0.4 is 4.74 Å². The third kappa shape index (κ3) is 8.66. The number of piperidine rings is 1. The number of halogens is 3. The maximum absolute atomic E-state index is 13.2. The Labute approximate surface area is 273 Å². The number of benzene rings is 4. The van der Waals surface area contributed by atoms with Crippen molar-refractivity contribution < 1.29 is 27.0 Å². The molecule has 0 amide bonds. The molecule has 1 N–H and O–H groups in total. The van der Waals surface area contributed by atoms with Gasteiger partial charge in [0.15, 0.2) is 0 Å². The van der Waals surface area contributed by atoms with Crippen LogP contribution in [0.4, 0.5) is 13.2 Å². The van der Waals surface area contributed by atoms with Crippen LogP contribution in [0, 0.1) is 5.92 Å². The first-order chi connectivity index (χ1) is 22.7. The van der Waals surface area contributed by atoms with Gasteiger partial charge in [-0.1, -0.05) is 54.6 Å². The van der Waals surface area contributed by atoms with Gasteiger partial charge in [-0.2, -0.15) is 13.2 Å². The molecule has 1 fully saturated rings. The maximum atomic E-state index is 13.2. The Morgan fingerprint density at radius 2 is 1.70 bits per heavy atom. The number of H-pyrrole nitrogens is 1. The third-order valence-corrected chi connectivity index (χ3v) is 9.74. The predicted molar refractivity (Wildman–Crippen MR) is 178 cm³/mol. The summed E-state index contributed by atoms with van der Waals surface area (Å²) in [5.74, 6) is 1.88. The van der Waals surface area contributed by atoms with E-state index in [-0.39, 0.29) is 0 Å². The first kappa shape index (κ1) is 32.9. The molecule has 2 heterocycles. The molecule has 1 atom stereocenters. The highest BCUT2D eigenvalue weighted by Gasteiger charge is 2.30. The summed E-state index contributed by atoms with van der Waals surface area (Å²) in [6.07, 6.45) is -0.880. The Hall–Kier alpha value is -4.04. The van der Waals surface area contributed by atoms with E-state index in [0.29, 0.717) is 36.7 Å². The van der Waals surface area contributed by atoms with Crippen LogP contribution in [-0.4, -0.2) is 34.6 Å². The lowest BCUT2D eigenvalue weighted by atomic mass is 9.89. The SMILES string of the molecule is CCO[P+](=O)Cc1cccc(COc2ccccc2CC2CCN(Cc3ccc4nc(-c5cccc(C(F)(F)F)c5)[nH]c4c3)CC2)c1. The highest BCUT2D eigenvalue weighted by atomic mass is 31.1. The fourth-order valence-electron chi connectivity index (χ4n) is 6.18.